The molecule has 5 heteroatoms. The third-order valence-corrected chi connectivity index (χ3v) is 2.91. The van der Waals surface area contributed by atoms with Gasteiger partial charge in [0.2, 0.25) is 0 Å². The largest absolute Gasteiger partial charge is 0.295 e. The van der Waals surface area contributed by atoms with Crippen molar-refractivity contribution in [2.24, 2.45) is 11.8 Å². The van der Waals surface area contributed by atoms with Crippen molar-refractivity contribution < 1.29 is 4.79 Å². The van der Waals surface area contributed by atoms with Crippen molar-refractivity contribution in [3.05, 3.63) is 29.6 Å². The summed E-state index contributed by atoms with van der Waals surface area (Å²) in [5.41, 5.74) is 3.54. The summed E-state index contributed by atoms with van der Waals surface area (Å²) < 4.78 is 0. The number of aromatic nitrogens is 1. The average Bonchev–Trinajstić information content (AvgIpc) is 2.37. The second-order valence-corrected chi connectivity index (χ2v) is 5.43. The van der Waals surface area contributed by atoms with Crippen molar-refractivity contribution >= 4 is 5.91 Å². The number of nitrogens with two attached hydrogens (primary N) is 1. The Bertz CT molecular complexity index is 400. The molecule has 0 unspecified atom stereocenters. The van der Waals surface area contributed by atoms with Gasteiger partial charge in [0.1, 0.15) is 0 Å². The molecule has 0 bridgehead atoms. The molecule has 1 amide bonds. The summed E-state index contributed by atoms with van der Waals surface area (Å²) in [6, 6.07) is 4.09. The normalized spacial score (nSPS) is 11.4. The first-order chi connectivity index (χ1) is 8.93. The summed E-state index contributed by atoms with van der Waals surface area (Å²) in [5.74, 6) is 5.38. The van der Waals surface area contributed by atoms with Crippen LogP contribution in [0.1, 0.15) is 43.7 Å². The molecule has 0 aliphatic heterocycles. The molecule has 0 saturated heterocycles. The molecule has 0 fully saturated rings. The summed E-state index contributed by atoms with van der Waals surface area (Å²) >= 11 is 0. The molecule has 5 nitrogen and oxygen atoms in total. The van der Waals surface area contributed by atoms with Gasteiger partial charge in [0, 0.05) is 25.3 Å². The van der Waals surface area contributed by atoms with Gasteiger partial charge in [0.15, 0.2) is 0 Å². The highest BCUT2D eigenvalue weighted by atomic mass is 16.2. The lowest BCUT2D eigenvalue weighted by Gasteiger charge is -2.27. The standard InChI is InChI=1S/C14H24N4O/c1-10(2)8-18(11(3)4)9-13-6-5-12(7-16-13)14(19)17-15/h5-7,10-11H,8-9,15H2,1-4H3,(H,17,19). The molecule has 0 radical (unpaired) electrons. The van der Waals surface area contributed by atoms with E-state index < -0.39 is 0 Å². The van der Waals surface area contributed by atoms with Gasteiger partial charge in [-0.2, -0.15) is 0 Å². The number of hydrazine groups is 1. The zero-order chi connectivity index (χ0) is 14.4. The van der Waals surface area contributed by atoms with Gasteiger partial charge in [0.05, 0.1) is 11.3 Å². The highest BCUT2D eigenvalue weighted by Gasteiger charge is 2.13. The number of amides is 1. The minimum Gasteiger partial charge on any atom is -0.295 e. The Labute approximate surface area is 115 Å². The molecular weight excluding hydrogens is 240 g/mol. The Hall–Kier alpha value is -1.46. The molecular formula is C14H24N4O. The molecule has 1 heterocycles. The molecule has 0 aromatic carbocycles. The molecule has 0 saturated carbocycles. The van der Waals surface area contributed by atoms with Crippen LogP contribution in [0.2, 0.25) is 0 Å². The molecule has 3 N–H and O–H groups in total. The second kappa shape index (κ2) is 7.21. The van der Waals surface area contributed by atoms with E-state index in [0.29, 0.717) is 17.5 Å². The number of carbonyl (C=O) groups is 1. The van der Waals surface area contributed by atoms with E-state index in [4.69, 9.17) is 5.84 Å². The summed E-state index contributed by atoms with van der Waals surface area (Å²) in [4.78, 5) is 18.0. The highest BCUT2D eigenvalue weighted by molar-refractivity contribution is 5.93. The van der Waals surface area contributed by atoms with Crippen molar-refractivity contribution in [1.29, 1.82) is 0 Å². The molecule has 19 heavy (non-hydrogen) atoms. The summed E-state index contributed by atoms with van der Waals surface area (Å²) in [6.45, 7) is 10.6. The average molecular weight is 264 g/mol. The quantitative estimate of drug-likeness (QED) is 0.464. The van der Waals surface area contributed by atoms with Gasteiger partial charge < -0.3 is 0 Å². The SMILES string of the molecule is CC(C)CN(Cc1ccc(C(=O)NN)cn1)C(C)C. The maximum absolute atomic E-state index is 11.3. The van der Waals surface area contributed by atoms with E-state index in [-0.39, 0.29) is 5.91 Å². The van der Waals surface area contributed by atoms with Crippen molar-refractivity contribution in [2.45, 2.75) is 40.3 Å². The van der Waals surface area contributed by atoms with E-state index in [1.807, 2.05) is 6.07 Å². The fraction of sp³-hybridized carbons (Fsp3) is 0.571. The molecule has 0 spiro atoms. The summed E-state index contributed by atoms with van der Waals surface area (Å²) in [6.07, 6.45) is 1.56. The fourth-order valence-electron chi connectivity index (χ4n) is 1.87. The first-order valence-electron chi connectivity index (χ1n) is 6.64. The predicted octanol–water partition coefficient (Wildman–Crippen LogP) is 1.55. The topological polar surface area (TPSA) is 71.2 Å². The van der Waals surface area contributed by atoms with Crippen LogP contribution >= 0.6 is 0 Å². The number of hydrogen-bond acceptors (Lipinski definition) is 4. The third kappa shape index (κ3) is 4.96. The molecule has 0 aliphatic carbocycles. The van der Waals surface area contributed by atoms with Gasteiger partial charge in [-0.25, -0.2) is 5.84 Å². The Morgan fingerprint density at radius 3 is 2.47 bits per heavy atom. The van der Waals surface area contributed by atoms with Crippen molar-refractivity contribution in [2.75, 3.05) is 6.54 Å². The minimum absolute atomic E-state index is 0.318. The molecule has 1 aromatic rings. The number of nitrogens with zero attached hydrogens (tertiary/aromatic N) is 2. The molecule has 0 atom stereocenters. The molecule has 1 rings (SSSR count). The lowest BCUT2D eigenvalue weighted by atomic mass is 10.1. The maximum Gasteiger partial charge on any atom is 0.266 e. The number of nitrogen functional groups attached to an aromatic ring is 1. The van der Waals surface area contributed by atoms with Crippen LogP contribution in [0.5, 0.6) is 0 Å². The lowest BCUT2D eigenvalue weighted by molar-refractivity contribution is 0.0953. The van der Waals surface area contributed by atoms with Gasteiger partial charge in [-0.1, -0.05) is 13.8 Å². The van der Waals surface area contributed by atoms with Gasteiger partial charge in [-0.3, -0.25) is 20.1 Å². The van der Waals surface area contributed by atoms with E-state index >= 15 is 0 Å². The molecule has 0 aliphatic rings. The van der Waals surface area contributed by atoms with E-state index in [1.165, 1.54) is 0 Å². The predicted molar refractivity (Wildman–Crippen MR) is 76.3 cm³/mol. The number of hydrogen-bond donors (Lipinski definition) is 2. The van der Waals surface area contributed by atoms with Crippen molar-refractivity contribution in [3.63, 3.8) is 0 Å². The van der Waals surface area contributed by atoms with Crippen LogP contribution in [0, 0.1) is 5.92 Å². The van der Waals surface area contributed by atoms with Crippen molar-refractivity contribution in [3.8, 4) is 0 Å². The van der Waals surface area contributed by atoms with E-state index in [0.717, 1.165) is 18.8 Å². The van der Waals surface area contributed by atoms with Crippen molar-refractivity contribution in [1.82, 2.24) is 15.3 Å². The smallest absolute Gasteiger partial charge is 0.266 e. The first-order valence-corrected chi connectivity index (χ1v) is 6.64. The lowest BCUT2D eigenvalue weighted by Crippen LogP contribution is -2.34. The van der Waals surface area contributed by atoms with Crippen LogP contribution in [0.25, 0.3) is 0 Å². The highest BCUT2D eigenvalue weighted by Crippen LogP contribution is 2.10. The Kier molecular flexibility index (Phi) is 5.92. The first kappa shape index (κ1) is 15.6. The van der Waals surface area contributed by atoms with Gasteiger partial charge in [0.25, 0.3) is 5.91 Å². The van der Waals surface area contributed by atoms with Crippen LogP contribution in [0.4, 0.5) is 0 Å². The second-order valence-electron chi connectivity index (χ2n) is 5.43. The monoisotopic (exact) mass is 264 g/mol. The van der Waals surface area contributed by atoms with E-state index in [9.17, 15) is 4.79 Å². The van der Waals surface area contributed by atoms with Crippen LogP contribution in [-0.4, -0.2) is 28.4 Å². The third-order valence-electron chi connectivity index (χ3n) is 2.91. The van der Waals surface area contributed by atoms with Gasteiger partial charge >= 0.3 is 0 Å². The zero-order valence-corrected chi connectivity index (χ0v) is 12.2. The maximum atomic E-state index is 11.3. The zero-order valence-electron chi connectivity index (χ0n) is 12.2. The van der Waals surface area contributed by atoms with Crippen LogP contribution in [0.3, 0.4) is 0 Å². The van der Waals surface area contributed by atoms with Gasteiger partial charge in [-0.15, -0.1) is 0 Å². The van der Waals surface area contributed by atoms with E-state index in [1.54, 1.807) is 12.3 Å². The van der Waals surface area contributed by atoms with Crippen LogP contribution in [-0.2, 0) is 6.54 Å². The van der Waals surface area contributed by atoms with Crippen LogP contribution in [0.15, 0.2) is 18.3 Å². The fourth-order valence-corrected chi connectivity index (χ4v) is 1.87. The molecule has 106 valence electrons. The number of carbonyl (C=O) groups excluding carboxylic acids is 1. The number of pyridine rings is 1. The Morgan fingerprint density at radius 2 is 2.05 bits per heavy atom. The molecule has 1 aromatic heterocycles. The Balaban J connectivity index is 2.72. The number of nitrogens with one attached hydrogen (secondary N) is 1. The van der Waals surface area contributed by atoms with Crippen LogP contribution < -0.4 is 11.3 Å². The summed E-state index contributed by atoms with van der Waals surface area (Å²) in [5, 5.41) is 0. The Morgan fingerprint density at radius 1 is 1.37 bits per heavy atom. The minimum atomic E-state index is -0.318. The summed E-state index contributed by atoms with van der Waals surface area (Å²) in [7, 11) is 0. The van der Waals surface area contributed by atoms with E-state index in [2.05, 4.69) is 43.0 Å². The number of rotatable bonds is 6. The van der Waals surface area contributed by atoms with Gasteiger partial charge in [-0.05, 0) is 31.9 Å².